The average molecular weight is 429 g/mol. The second-order valence-electron chi connectivity index (χ2n) is 6.09. The summed E-state index contributed by atoms with van der Waals surface area (Å²) >= 11 is 7.11. The van der Waals surface area contributed by atoms with Gasteiger partial charge in [0.05, 0.1) is 5.69 Å². The summed E-state index contributed by atoms with van der Waals surface area (Å²) in [6.45, 7) is 0. The minimum Gasteiger partial charge on any atom is -0.366 e. The Labute approximate surface area is 175 Å². The van der Waals surface area contributed by atoms with Crippen LogP contribution >= 0.6 is 22.9 Å². The topological polar surface area (TPSA) is 114 Å². The van der Waals surface area contributed by atoms with Gasteiger partial charge < -0.3 is 11.1 Å². The van der Waals surface area contributed by atoms with Gasteiger partial charge in [0.15, 0.2) is 5.13 Å². The Morgan fingerprint density at radius 1 is 0.966 bits per heavy atom. The molecule has 0 aliphatic rings. The van der Waals surface area contributed by atoms with Gasteiger partial charge in [0.25, 0.3) is 5.91 Å². The smallest absolute Gasteiger partial charge is 0.257 e. The molecule has 3 rings (SSSR count). The third-order valence-electron chi connectivity index (χ3n) is 3.94. The minimum atomic E-state index is -0.523. The van der Waals surface area contributed by atoms with E-state index in [2.05, 4.69) is 15.6 Å². The molecule has 2 aromatic carbocycles. The van der Waals surface area contributed by atoms with Gasteiger partial charge in [-0.3, -0.25) is 19.7 Å². The van der Waals surface area contributed by atoms with Crippen LogP contribution in [0.4, 0.5) is 10.8 Å². The van der Waals surface area contributed by atoms with Crippen molar-refractivity contribution in [3.8, 4) is 0 Å². The molecule has 4 N–H and O–H groups in total. The number of halogens is 1. The first kappa shape index (κ1) is 20.5. The Bertz CT molecular complexity index is 1030. The van der Waals surface area contributed by atoms with Crippen LogP contribution in [0.3, 0.4) is 0 Å². The van der Waals surface area contributed by atoms with Gasteiger partial charge in [-0.2, -0.15) is 0 Å². The summed E-state index contributed by atoms with van der Waals surface area (Å²) in [7, 11) is 0. The van der Waals surface area contributed by atoms with Gasteiger partial charge >= 0.3 is 0 Å². The number of thiazole rings is 1. The summed E-state index contributed by atoms with van der Waals surface area (Å²) in [4.78, 5) is 39.7. The van der Waals surface area contributed by atoms with Crippen molar-refractivity contribution < 1.29 is 14.4 Å². The molecule has 0 fully saturated rings. The summed E-state index contributed by atoms with van der Waals surface area (Å²) in [6.07, 6.45) is 0.657. The van der Waals surface area contributed by atoms with Gasteiger partial charge in [0.1, 0.15) is 0 Å². The van der Waals surface area contributed by atoms with Crippen LogP contribution in [-0.4, -0.2) is 22.7 Å². The van der Waals surface area contributed by atoms with Crippen LogP contribution in [0, 0.1) is 0 Å². The zero-order chi connectivity index (χ0) is 20.8. The molecule has 3 aromatic rings. The molecule has 0 unspecified atom stereocenters. The number of benzene rings is 2. The highest BCUT2D eigenvalue weighted by Gasteiger charge is 2.11. The molecule has 0 saturated heterocycles. The monoisotopic (exact) mass is 428 g/mol. The van der Waals surface area contributed by atoms with E-state index in [-0.39, 0.29) is 18.2 Å². The Kier molecular flexibility index (Phi) is 6.58. The lowest BCUT2D eigenvalue weighted by Gasteiger charge is -2.05. The van der Waals surface area contributed by atoms with E-state index in [0.29, 0.717) is 39.1 Å². The number of hydrogen-bond acceptors (Lipinski definition) is 5. The lowest BCUT2D eigenvalue weighted by atomic mass is 10.2. The van der Waals surface area contributed by atoms with Crippen molar-refractivity contribution >= 4 is 51.5 Å². The zero-order valence-electron chi connectivity index (χ0n) is 15.1. The molecule has 1 aromatic heterocycles. The summed E-state index contributed by atoms with van der Waals surface area (Å²) < 4.78 is 0. The van der Waals surface area contributed by atoms with Crippen molar-refractivity contribution in [3.63, 3.8) is 0 Å². The van der Waals surface area contributed by atoms with Crippen LogP contribution in [0.1, 0.15) is 32.8 Å². The zero-order valence-corrected chi connectivity index (χ0v) is 16.7. The lowest BCUT2D eigenvalue weighted by molar-refractivity contribution is -0.116. The molecule has 0 radical (unpaired) electrons. The highest BCUT2D eigenvalue weighted by Crippen LogP contribution is 2.19. The summed E-state index contributed by atoms with van der Waals surface area (Å²) in [5.74, 6) is -0.985. The number of nitrogens with one attached hydrogen (secondary N) is 2. The molecular weight excluding hydrogens is 412 g/mol. The normalized spacial score (nSPS) is 10.4. The molecule has 3 amide bonds. The number of amides is 3. The number of rotatable bonds is 7. The first-order valence-electron chi connectivity index (χ1n) is 8.62. The first-order valence-corrected chi connectivity index (χ1v) is 9.87. The predicted molar refractivity (Wildman–Crippen MR) is 113 cm³/mol. The number of aryl methyl sites for hydroxylation is 1. The van der Waals surface area contributed by atoms with Gasteiger partial charge in [-0.1, -0.05) is 11.6 Å². The Balaban J connectivity index is 1.49. The van der Waals surface area contributed by atoms with Crippen molar-refractivity contribution in [1.82, 2.24) is 4.98 Å². The molecule has 29 heavy (non-hydrogen) atoms. The largest absolute Gasteiger partial charge is 0.366 e. The van der Waals surface area contributed by atoms with Crippen LogP contribution in [0.2, 0.25) is 5.02 Å². The van der Waals surface area contributed by atoms with E-state index in [9.17, 15) is 14.4 Å². The lowest BCUT2D eigenvalue weighted by Crippen LogP contribution is -2.14. The molecule has 0 bridgehead atoms. The third kappa shape index (κ3) is 5.87. The number of carbonyl (C=O) groups excluding carboxylic acids is 3. The Hall–Kier alpha value is -3.23. The number of nitrogens with zero attached hydrogens (tertiary/aromatic N) is 1. The number of nitrogens with two attached hydrogens (primary N) is 1. The van der Waals surface area contributed by atoms with Gasteiger partial charge in [0.2, 0.25) is 11.8 Å². The summed E-state index contributed by atoms with van der Waals surface area (Å²) in [6, 6.07) is 12.9. The number of hydrogen-bond donors (Lipinski definition) is 3. The van der Waals surface area contributed by atoms with E-state index < -0.39 is 5.91 Å². The SMILES string of the molecule is NC(=O)c1ccc(NC(=O)CCc2csc(NC(=O)c3ccc(Cl)cc3)n2)cc1. The molecular formula is C20H17ClN4O3S. The predicted octanol–water partition coefficient (Wildman–Crippen LogP) is 3.72. The highest BCUT2D eigenvalue weighted by atomic mass is 35.5. The van der Waals surface area contributed by atoms with Crippen molar-refractivity contribution in [3.05, 3.63) is 75.8 Å². The van der Waals surface area contributed by atoms with E-state index >= 15 is 0 Å². The second-order valence-corrected chi connectivity index (χ2v) is 7.39. The fourth-order valence-electron chi connectivity index (χ4n) is 2.43. The third-order valence-corrected chi connectivity index (χ3v) is 5.00. The van der Waals surface area contributed by atoms with E-state index in [1.54, 1.807) is 53.9 Å². The summed E-state index contributed by atoms with van der Waals surface area (Å²) in [5.41, 5.74) is 7.32. The van der Waals surface area contributed by atoms with Crippen molar-refractivity contribution in [2.75, 3.05) is 10.6 Å². The molecule has 1 heterocycles. The first-order chi connectivity index (χ1) is 13.9. The number of anilines is 2. The van der Waals surface area contributed by atoms with Crippen LogP contribution in [-0.2, 0) is 11.2 Å². The van der Waals surface area contributed by atoms with Crippen molar-refractivity contribution in [2.24, 2.45) is 5.73 Å². The Morgan fingerprint density at radius 3 is 2.28 bits per heavy atom. The maximum Gasteiger partial charge on any atom is 0.257 e. The molecule has 9 heteroatoms. The molecule has 0 atom stereocenters. The van der Waals surface area contributed by atoms with Crippen molar-refractivity contribution in [2.45, 2.75) is 12.8 Å². The van der Waals surface area contributed by atoms with Gasteiger partial charge in [-0.25, -0.2) is 4.98 Å². The molecule has 0 aliphatic carbocycles. The Morgan fingerprint density at radius 2 is 1.62 bits per heavy atom. The van der Waals surface area contributed by atoms with E-state index in [1.807, 2.05) is 0 Å². The highest BCUT2D eigenvalue weighted by molar-refractivity contribution is 7.14. The maximum atomic E-state index is 12.2. The molecule has 148 valence electrons. The molecule has 0 saturated carbocycles. The van der Waals surface area contributed by atoms with E-state index in [1.165, 1.54) is 11.3 Å². The van der Waals surface area contributed by atoms with Crippen molar-refractivity contribution in [1.29, 1.82) is 0 Å². The number of carbonyl (C=O) groups is 3. The van der Waals surface area contributed by atoms with Gasteiger partial charge in [-0.05, 0) is 55.0 Å². The number of primary amides is 1. The van der Waals surface area contributed by atoms with Gasteiger partial charge in [0, 0.05) is 33.6 Å². The van der Waals surface area contributed by atoms with Crippen LogP contribution in [0.5, 0.6) is 0 Å². The molecule has 7 nitrogen and oxygen atoms in total. The molecule has 0 spiro atoms. The fourth-order valence-corrected chi connectivity index (χ4v) is 3.30. The second kappa shape index (κ2) is 9.31. The quantitative estimate of drug-likeness (QED) is 0.532. The van der Waals surface area contributed by atoms with Crippen LogP contribution < -0.4 is 16.4 Å². The van der Waals surface area contributed by atoms with E-state index in [4.69, 9.17) is 17.3 Å². The standard InChI is InChI=1S/C20H17ClN4O3S/c21-14-5-1-13(2-6-14)19(28)25-20-24-16(11-29-20)9-10-17(26)23-15-7-3-12(4-8-15)18(22)27/h1-8,11H,9-10H2,(H2,22,27)(H,23,26)(H,24,25,28). The molecule has 0 aliphatic heterocycles. The van der Waals surface area contributed by atoms with Crippen LogP contribution in [0.25, 0.3) is 0 Å². The average Bonchev–Trinajstić information content (AvgIpc) is 3.14. The van der Waals surface area contributed by atoms with Crippen LogP contribution in [0.15, 0.2) is 53.9 Å². The summed E-state index contributed by atoms with van der Waals surface area (Å²) in [5, 5.41) is 8.29. The fraction of sp³-hybridized carbons (Fsp3) is 0.100. The van der Waals surface area contributed by atoms with Gasteiger partial charge in [-0.15, -0.1) is 11.3 Å². The number of aromatic nitrogens is 1. The minimum absolute atomic E-state index is 0.184. The van der Waals surface area contributed by atoms with E-state index in [0.717, 1.165) is 0 Å². The maximum absolute atomic E-state index is 12.2.